The fraction of sp³-hybridized carbons (Fsp3) is 0.333. The summed E-state index contributed by atoms with van der Waals surface area (Å²) in [6, 6.07) is 7.48. The third-order valence-electron chi connectivity index (χ3n) is 3.96. The summed E-state index contributed by atoms with van der Waals surface area (Å²) in [5.74, 6) is -1.29. The zero-order chi connectivity index (χ0) is 18.0. The van der Waals surface area contributed by atoms with Crippen molar-refractivity contribution in [1.29, 1.82) is 0 Å². The van der Waals surface area contributed by atoms with Crippen LogP contribution in [-0.2, 0) is 21.1 Å². The molecule has 1 atom stereocenters. The maximum absolute atomic E-state index is 13.7. The summed E-state index contributed by atoms with van der Waals surface area (Å²) in [5.41, 5.74) is 1.98. The van der Waals surface area contributed by atoms with E-state index in [1.165, 1.54) is 30.6 Å². The largest absolute Gasteiger partial charge is 0.356 e. The number of rotatable bonds is 6. The second-order valence-corrected chi connectivity index (χ2v) is 8.05. The average Bonchev–Trinajstić information content (AvgIpc) is 2.99. The number of amides is 1. The molecule has 0 spiro atoms. The Bertz CT molecular complexity index is 849. The Morgan fingerprint density at radius 2 is 2.08 bits per heavy atom. The highest BCUT2D eigenvalue weighted by Crippen LogP contribution is 2.26. The predicted octanol–water partition coefficient (Wildman–Crippen LogP) is 1.72. The summed E-state index contributed by atoms with van der Waals surface area (Å²) in [5, 5.41) is 12.5. The van der Waals surface area contributed by atoms with E-state index < -0.39 is 26.3 Å². The number of aryl methyl sites for hydroxylation is 1. The molecule has 0 saturated heterocycles. The van der Waals surface area contributed by atoms with Crippen LogP contribution in [0.1, 0.15) is 19.0 Å². The van der Waals surface area contributed by atoms with Crippen LogP contribution in [-0.4, -0.2) is 35.7 Å². The van der Waals surface area contributed by atoms with E-state index >= 15 is 0 Å². The van der Waals surface area contributed by atoms with E-state index in [1.54, 1.807) is 12.1 Å². The highest BCUT2D eigenvalue weighted by Gasteiger charge is 2.43. The molecule has 2 N–H and O–H groups in total. The van der Waals surface area contributed by atoms with Gasteiger partial charge in [-0.15, -0.1) is 0 Å². The number of benzene rings is 1. The second kappa shape index (κ2) is 6.70. The highest BCUT2D eigenvalue weighted by atomic mass is 32.2. The van der Waals surface area contributed by atoms with Gasteiger partial charge in [0.25, 0.3) is 5.91 Å². The first kappa shape index (κ1) is 18.1. The molecule has 0 radical (unpaired) electrons. The first-order valence-corrected chi connectivity index (χ1v) is 8.93. The van der Waals surface area contributed by atoms with Crippen LogP contribution in [0.3, 0.4) is 0 Å². The van der Waals surface area contributed by atoms with E-state index in [-0.39, 0.29) is 24.2 Å². The summed E-state index contributed by atoms with van der Waals surface area (Å²) in [6.07, 6.45) is 0.881. The minimum atomic E-state index is -3.79. The number of sulfone groups is 1. The molecule has 7 nitrogen and oxygen atoms in total. The Morgan fingerprint density at radius 1 is 1.42 bits per heavy atom. The fourth-order valence-electron chi connectivity index (χ4n) is 2.17. The Kier molecular flexibility index (Phi) is 5.05. The molecule has 130 valence electrons. The minimum absolute atomic E-state index is 0.0922. The number of hydroxylamine groups is 1. The van der Waals surface area contributed by atoms with Crippen LogP contribution >= 0.6 is 0 Å². The van der Waals surface area contributed by atoms with Crippen LogP contribution in [0.15, 0.2) is 34.9 Å². The third kappa shape index (κ3) is 3.46. The van der Waals surface area contributed by atoms with E-state index in [2.05, 4.69) is 5.16 Å². The van der Waals surface area contributed by atoms with E-state index in [4.69, 9.17) is 9.73 Å². The molecule has 24 heavy (non-hydrogen) atoms. The van der Waals surface area contributed by atoms with E-state index in [0.29, 0.717) is 5.69 Å². The molecule has 0 fully saturated rings. The zero-order valence-corrected chi connectivity index (χ0v) is 13.9. The molecule has 0 aliphatic rings. The number of aromatic nitrogens is 1. The van der Waals surface area contributed by atoms with Gasteiger partial charge in [-0.3, -0.25) is 10.0 Å². The molecule has 1 aromatic heterocycles. The van der Waals surface area contributed by atoms with Gasteiger partial charge in [-0.05, 0) is 31.9 Å². The fourth-order valence-corrected chi connectivity index (χ4v) is 3.03. The van der Waals surface area contributed by atoms with Crippen LogP contribution < -0.4 is 5.48 Å². The average molecular weight is 356 g/mol. The predicted molar refractivity (Wildman–Crippen MR) is 83.4 cm³/mol. The lowest BCUT2D eigenvalue weighted by molar-refractivity contribution is -0.131. The Morgan fingerprint density at radius 3 is 2.67 bits per heavy atom. The molecule has 9 heteroatoms. The van der Waals surface area contributed by atoms with Crippen LogP contribution in [0.25, 0.3) is 11.3 Å². The van der Waals surface area contributed by atoms with Crippen molar-refractivity contribution < 1.29 is 27.3 Å². The molecule has 0 saturated carbocycles. The lowest BCUT2D eigenvalue weighted by Gasteiger charge is -2.24. The van der Waals surface area contributed by atoms with Crippen LogP contribution in [0.2, 0.25) is 0 Å². The van der Waals surface area contributed by atoms with Crippen molar-refractivity contribution in [3.8, 4) is 11.3 Å². The van der Waals surface area contributed by atoms with Crippen molar-refractivity contribution in [1.82, 2.24) is 10.6 Å². The summed E-state index contributed by atoms with van der Waals surface area (Å²) >= 11 is 0. The molecule has 2 rings (SSSR count). The van der Waals surface area contributed by atoms with Crippen molar-refractivity contribution in [2.75, 3.05) is 6.26 Å². The summed E-state index contributed by atoms with van der Waals surface area (Å²) < 4.78 is 40.7. The smallest absolute Gasteiger partial charge is 0.264 e. The second-order valence-electron chi connectivity index (χ2n) is 5.61. The molecular weight excluding hydrogens is 339 g/mol. The van der Waals surface area contributed by atoms with Gasteiger partial charge in [-0.25, -0.2) is 18.3 Å². The molecule has 1 heterocycles. The lowest BCUT2D eigenvalue weighted by Crippen LogP contribution is -2.49. The van der Waals surface area contributed by atoms with E-state index in [0.717, 1.165) is 6.26 Å². The quantitative estimate of drug-likeness (QED) is 0.602. The number of hydrogen-bond donors (Lipinski definition) is 2. The molecule has 1 aromatic carbocycles. The SMILES string of the molecule is CC(CCc1cc(-c2ccccc2F)on1)(C(=O)NO)S(C)(=O)=O. The first-order valence-electron chi connectivity index (χ1n) is 7.03. The van der Waals surface area contributed by atoms with Gasteiger partial charge in [0.2, 0.25) is 0 Å². The molecule has 1 unspecified atom stereocenters. The van der Waals surface area contributed by atoms with Crippen molar-refractivity contribution in [3.63, 3.8) is 0 Å². The van der Waals surface area contributed by atoms with Gasteiger partial charge in [-0.2, -0.15) is 0 Å². The van der Waals surface area contributed by atoms with Gasteiger partial charge in [-0.1, -0.05) is 17.3 Å². The lowest BCUT2D eigenvalue weighted by atomic mass is 10.0. The number of hydrogen-bond acceptors (Lipinski definition) is 6. The summed E-state index contributed by atoms with van der Waals surface area (Å²) in [4.78, 5) is 11.7. The van der Waals surface area contributed by atoms with Gasteiger partial charge in [0.15, 0.2) is 15.6 Å². The molecular formula is C15H17FN2O5S. The van der Waals surface area contributed by atoms with Crippen molar-refractivity contribution in [2.24, 2.45) is 0 Å². The number of nitrogens with one attached hydrogen (secondary N) is 1. The molecule has 1 amide bonds. The Balaban J connectivity index is 2.21. The number of carbonyl (C=O) groups is 1. The molecule has 2 aromatic rings. The monoisotopic (exact) mass is 356 g/mol. The van der Waals surface area contributed by atoms with Gasteiger partial charge in [0.05, 0.1) is 11.3 Å². The minimum Gasteiger partial charge on any atom is -0.356 e. The highest BCUT2D eigenvalue weighted by molar-refractivity contribution is 7.92. The molecule has 0 aliphatic heterocycles. The van der Waals surface area contributed by atoms with Crippen molar-refractivity contribution in [2.45, 2.75) is 24.5 Å². The number of nitrogens with zero attached hydrogens (tertiary/aromatic N) is 1. The van der Waals surface area contributed by atoms with E-state index in [9.17, 15) is 17.6 Å². The summed E-state index contributed by atoms with van der Waals surface area (Å²) in [7, 11) is -3.79. The van der Waals surface area contributed by atoms with Gasteiger partial charge < -0.3 is 4.52 Å². The maximum Gasteiger partial charge on any atom is 0.264 e. The van der Waals surface area contributed by atoms with Crippen LogP contribution in [0.5, 0.6) is 0 Å². The summed E-state index contributed by atoms with van der Waals surface area (Å²) in [6.45, 7) is 1.21. The zero-order valence-electron chi connectivity index (χ0n) is 13.1. The van der Waals surface area contributed by atoms with E-state index in [1.807, 2.05) is 0 Å². The van der Waals surface area contributed by atoms with Crippen molar-refractivity contribution >= 4 is 15.7 Å². The first-order chi connectivity index (χ1) is 11.2. The van der Waals surface area contributed by atoms with Crippen LogP contribution in [0.4, 0.5) is 4.39 Å². The van der Waals surface area contributed by atoms with Gasteiger partial charge in [0.1, 0.15) is 10.6 Å². The number of carbonyl (C=O) groups excluding carboxylic acids is 1. The molecule has 0 aliphatic carbocycles. The Labute approximate surface area is 138 Å². The standard InChI is InChI=1S/C15H17FN2O5S/c1-15(14(19)17-20,24(2,21)22)8-7-10-9-13(23-18-10)11-5-3-4-6-12(11)16/h3-6,9,20H,7-8H2,1-2H3,(H,17,19). The third-order valence-corrected chi connectivity index (χ3v) is 5.98. The maximum atomic E-state index is 13.7. The normalized spacial score (nSPS) is 14.2. The topological polar surface area (TPSA) is 110 Å². The number of halogens is 1. The molecule has 0 bridgehead atoms. The van der Waals surface area contributed by atoms with Gasteiger partial charge in [0, 0.05) is 12.3 Å². The van der Waals surface area contributed by atoms with Gasteiger partial charge >= 0.3 is 0 Å². The van der Waals surface area contributed by atoms with Crippen molar-refractivity contribution in [3.05, 3.63) is 41.8 Å². The Hall–Kier alpha value is -2.26. The van der Waals surface area contributed by atoms with Crippen LogP contribution in [0, 0.1) is 5.82 Å².